The molecule has 0 saturated heterocycles. The van der Waals surface area contributed by atoms with Crippen LogP contribution in [0.4, 0.5) is 18.9 Å². The van der Waals surface area contributed by atoms with Gasteiger partial charge in [-0.1, -0.05) is 24.3 Å². The number of hydrogen-bond acceptors (Lipinski definition) is 2. The van der Waals surface area contributed by atoms with E-state index in [0.717, 1.165) is 6.07 Å². The fourth-order valence-corrected chi connectivity index (χ4v) is 1.99. The predicted octanol–water partition coefficient (Wildman–Crippen LogP) is 2.55. The highest BCUT2D eigenvalue weighted by molar-refractivity contribution is 5.94. The van der Waals surface area contributed by atoms with Crippen LogP contribution in [0.2, 0.25) is 0 Å². The first-order valence-corrected chi connectivity index (χ1v) is 5.79. The quantitative estimate of drug-likeness (QED) is 0.811. The van der Waals surface area contributed by atoms with E-state index in [0.29, 0.717) is 6.42 Å². The highest BCUT2D eigenvalue weighted by atomic mass is 19.4. The maximum atomic E-state index is 12.8. The number of para-hydroxylation sites is 1. The van der Waals surface area contributed by atoms with Crippen LogP contribution in [0.25, 0.3) is 0 Å². The topological polar surface area (TPSA) is 55.1 Å². The molecule has 2 unspecified atom stereocenters. The van der Waals surface area contributed by atoms with Crippen LogP contribution in [0.3, 0.4) is 0 Å². The first-order valence-electron chi connectivity index (χ1n) is 5.79. The van der Waals surface area contributed by atoms with Crippen LogP contribution in [0, 0.1) is 5.92 Å². The second kappa shape index (κ2) is 5.05. The maximum absolute atomic E-state index is 12.8. The molecule has 0 spiro atoms. The van der Waals surface area contributed by atoms with Crippen molar-refractivity contribution in [2.24, 2.45) is 11.7 Å². The Balaban J connectivity index is 2.16. The van der Waals surface area contributed by atoms with E-state index in [1.807, 2.05) is 0 Å². The monoisotopic (exact) mass is 270 g/mol. The minimum Gasteiger partial charge on any atom is -0.325 e. The van der Waals surface area contributed by atoms with Gasteiger partial charge in [0.2, 0.25) is 5.91 Å². The Morgan fingerprint density at radius 3 is 2.53 bits per heavy atom. The van der Waals surface area contributed by atoms with E-state index in [1.54, 1.807) is 12.2 Å². The van der Waals surface area contributed by atoms with Gasteiger partial charge >= 0.3 is 6.18 Å². The number of halogens is 3. The van der Waals surface area contributed by atoms with Gasteiger partial charge in [-0.05, 0) is 18.6 Å². The number of rotatable bonds is 2. The Morgan fingerprint density at radius 1 is 1.26 bits per heavy atom. The summed E-state index contributed by atoms with van der Waals surface area (Å²) in [6, 6.07) is 4.68. The molecule has 0 aliphatic heterocycles. The Hall–Kier alpha value is -1.82. The Kier molecular flexibility index (Phi) is 3.61. The minimum absolute atomic E-state index is 0.214. The van der Waals surface area contributed by atoms with E-state index in [1.165, 1.54) is 18.2 Å². The number of carbonyl (C=O) groups excluding carboxylic acids is 1. The van der Waals surface area contributed by atoms with Crippen molar-refractivity contribution in [1.82, 2.24) is 0 Å². The van der Waals surface area contributed by atoms with Gasteiger partial charge in [-0.3, -0.25) is 4.79 Å². The fraction of sp³-hybridized carbons (Fsp3) is 0.308. The van der Waals surface area contributed by atoms with Crippen molar-refractivity contribution in [3.8, 4) is 0 Å². The average molecular weight is 270 g/mol. The molecule has 1 amide bonds. The molecular formula is C13H13F3N2O. The van der Waals surface area contributed by atoms with Gasteiger partial charge in [0.05, 0.1) is 17.2 Å². The molecule has 0 fully saturated rings. The fourth-order valence-electron chi connectivity index (χ4n) is 1.99. The summed E-state index contributed by atoms with van der Waals surface area (Å²) in [4.78, 5) is 11.9. The van der Waals surface area contributed by atoms with Crippen LogP contribution in [-0.2, 0) is 11.0 Å². The van der Waals surface area contributed by atoms with Crippen molar-refractivity contribution < 1.29 is 18.0 Å². The highest BCUT2D eigenvalue weighted by Crippen LogP contribution is 2.35. The van der Waals surface area contributed by atoms with E-state index < -0.39 is 23.6 Å². The molecule has 0 radical (unpaired) electrons. The Labute approximate surface area is 108 Å². The van der Waals surface area contributed by atoms with Crippen LogP contribution < -0.4 is 11.1 Å². The molecule has 3 nitrogen and oxygen atoms in total. The average Bonchev–Trinajstić information content (AvgIpc) is 2.75. The molecule has 2 atom stereocenters. The lowest BCUT2D eigenvalue weighted by Gasteiger charge is -2.15. The standard InChI is InChI=1S/C13H13F3N2O/c14-13(15,16)10-3-1-2-4-11(10)18-12(19)8-5-6-9(17)7-8/h1-6,8-9H,7,17H2,(H,18,19). The van der Waals surface area contributed by atoms with Gasteiger partial charge < -0.3 is 11.1 Å². The van der Waals surface area contributed by atoms with E-state index in [4.69, 9.17) is 5.73 Å². The molecule has 2 rings (SSSR count). The molecule has 102 valence electrons. The van der Waals surface area contributed by atoms with Crippen molar-refractivity contribution in [3.05, 3.63) is 42.0 Å². The number of benzene rings is 1. The van der Waals surface area contributed by atoms with Crippen LogP contribution in [0.1, 0.15) is 12.0 Å². The molecule has 0 aromatic heterocycles. The lowest BCUT2D eigenvalue weighted by atomic mass is 10.1. The molecule has 1 aromatic carbocycles. The summed E-state index contributed by atoms with van der Waals surface area (Å²) >= 11 is 0. The summed E-state index contributed by atoms with van der Waals surface area (Å²) in [6.07, 6.45) is -0.776. The lowest BCUT2D eigenvalue weighted by Crippen LogP contribution is -2.25. The second-order valence-corrected chi connectivity index (χ2v) is 4.42. The highest BCUT2D eigenvalue weighted by Gasteiger charge is 2.34. The van der Waals surface area contributed by atoms with Gasteiger partial charge in [0.1, 0.15) is 0 Å². The van der Waals surface area contributed by atoms with Crippen LogP contribution in [-0.4, -0.2) is 11.9 Å². The first-order chi connectivity index (χ1) is 8.88. The van der Waals surface area contributed by atoms with E-state index in [9.17, 15) is 18.0 Å². The Bertz CT molecular complexity index is 511. The number of nitrogens with one attached hydrogen (secondary N) is 1. The van der Waals surface area contributed by atoms with E-state index in [2.05, 4.69) is 5.32 Å². The van der Waals surface area contributed by atoms with Gasteiger partial charge in [0.15, 0.2) is 0 Å². The molecule has 0 saturated carbocycles. The predicted molar refractivity (Wildman–Crippen MR) is 65.3 cm³/mol. The van der Waals surface area contributed by atoms with Gasteiger partial charge in [-0.25, -0.2) is 0 Å². The van der Waals surface area contributed by atoms with E-state index in [-0.39, 0.29) is 11.7 Å². The number of nitrogens with two attached hydrogens (primary N) is 1. The largest absolute Gasteiger partial charge is 0.418 e. The normalized spacial score (nSPS) is 22.5. The van der Waals surface area contributed by atoms with Crippen molar-refractivity contribution >= 4 is 11.6 Å². The second-order valence-electron chi connectivity index (χ2n) is 4.42. The van der Waals surface area contributed by atoms with Crippen LogP contribution in [0.5, 0.6) is 0 Å². The third-order valence-electron chi connectivity index (χ3n) is 2.94. The minimum atomic E-state index is -4.49. The van der Waals surface area contributed by atoms with Gasteiger partial charge in [-0.2, -0.15) is 13.2 Å². The van der Waals surface area contributed by atoms with Crippen molar-refractivity contribution in [2.45, 2.75) is 18.6 Å². The molecule has 6 heteroatoms. The summed E-state index contributed by atoms with van der Waals surface area (Å²) in [6.45, 7) is 0. The molecule has 19 heavy (non-hydrogen) atoms. The summed E-state index contributed by atoms with van der Waals surface area (Å²) in [7, 11) is 0. The zero-order valence-corrected chi connectivity index (χ0v) is 9.95. The van der Waals surface area contributed by atoms with Gasteiger partial charge in [-0.15, -0.1) is 0 Å². The van der Waals surface area contributed by atoms with Crippen molar-refractivity contribution in [2.75, 3.05) is 5.32 Å². The van der Waals surface area contributed by atoms with Crippen molar-refractivity contribution in [1.29, 1.82) is 0 Å². The zero-order valence-electron chi connectivity index (χ0n) is 9.95. The molecule has 1 aromatic rings. The molecular weight excluding hydrogens is 257 g/mol. The first kappa shape index (κ1) is 13.6. The molecule has 1 aliphatic rings. The molecule has 1 aliphatic carbocycles. The summed E-state index contributed by atoms with van der Waals surface area (Å²) in [5.41, 5.74) is 4.53. The summed E-state index contributed by atoms with van der Waals surface area (Å²) < 4.78 is 38.3. The summed E-state index contributed by atoms with van der Waals surface area (Å²) in [5, 5.41) is 2.31. The SMILES string of the molecule is NC1C=CC(C(=O)Nc2ccccc2C(F)(F)F)C1. The number of hydrogen-bond donors (Lipinski definition) is 2. The zero-order chi connectivity index (χ0) is 14.0. The summed E-state index contributed by atoms with van der Waals surface area (Å²) in [5.74, 6) is -0.947. The number of carbonyl (C=O) groups is 1. The maximum Gasteiger partial charge on any atom is 0.418 e. The molecule has 0 bridgehead atoms. The third-order valence-corrected chi connectivity index (χ3v) is 2.94. The number of anilines is 1. The van der Waals surface area contributed by atoms with Crippen LogP contribution in [0.15, 0.2) is 36.4 Å². The van der Waals surface area contributed by atoms with Gasteiger partial charge in [0, 0.05) is 6.04 Å². The van der Waals surface area contributed by atoms with Gasteiger partial charge in [0.25, 0.3) is 0 Å². The third kappa shape index (κ3) is 3.14. The Morgan fingerprint density at radius 2 is 1.95 bits per heavy atom. The van der Waals surface area contributed by atoms with Crippen molar-refractivity contribution in [3.63, 3.8) is 0 Å². The molecule has 0 heterocycles. The lowest BCUT2D eigenvalue weighted by molar-refractivity contribution is -0.137. The van der Waals surface area contributed by atoms with E-state index >= 15 is 0 Å². The number of amides is 1. The molecule has 3 N–H and O–H groups in total. The number of alkyl halides is 3. The smallest absolute Gasteiger partial charge is 0.325 e. The van der Waals surface area contributed by atoms with Crippen LogP contribution >= 0.6 is 0 Å².